The Labute approximate surface area is 193 Å². The summed E-state index contributed by atoms with van der Waals surface area (Å²) in [7, 11) is 1.58. The van der Waals surface area contributed by atoms with Crippen molar-refractivity contribution < 1.29 is 13.9 Å². The number of nitrogens with zero attached hydrogens (tertiary/aromatic N) is 3. The second-order valence-corrected chi connectivity index (χ2v) is 7.40. The average molecular weight is 467 g/mol. The largest absolute Gasteiger partial charge is 0.496 e. The van der Waals surface area contributed by atoms with Crippen LogP contribution in [0.25, 0.3) is 22.9 Å². The lowest BCUT2D eigenvalue weighted by molar-refractivity contribution is 0.0955. The number of hydrogen-bond donors (Lipinski definition) is 1. The molecular formula is C23H16Cl2N4O3. The maximum Gasteiger partial charge on any atom is 0.271 e. The van der Waals surface area contributed by atoms with Gasteiger partial charge in [0, 0.05) is 21.7 Å². The number of hydrazone groups is 1. The molecular weight excluding hydrogens is 451 g/mol. The van der Waals surface area contributed by atoms with E-state index in [0.717, 1.165) is 0 Å². The molecule has 160 valence electrons. The minimum atomic E-state index is -0.377. The summed E-state index contributed by atoms with van der Waals surface area (Å²) >= 11 is 11.9. The Hall–Kier alpha value is -3.68. The molecule has 0 bridgehead atoms. The number of para-hydroxylation sites is 1. The molecule has 0 aliphatic heterocycles. The van der Waals surface area contributed by atoms with Crippen LogP contribution < -0.4 is 10.2 Å². The fourth-order valence-electron chi connectivity index (χ4n) is 2.87. The lowest BCUT2D eigenvalue weighted by Gasteiger charge is -2.03. The highest BCUT2D eigenvalue weighted by Gasteiger charge is 2.14. The zero-order chi connectivity index (χ0) is 22.5. The van der Waals surface area contributed by atoms with Gasteiger partial charge in [-0.15, -0.1) is 10.2 Å². The summed E-state index contributed by atoms with van der Waals surface area (Å²) in [5.74, 6) is 0.927. The van der Waals surface area contributed by atoms with E-state index in [1.807, 2.05) is 24.3 Å². The molecule has 32 heavy (non-hydrogen) atoms. The molecule has 0 aliphatic carbocycles. The molecule has 0 radical (unpaired) electrons. The van der Waals surface area contributed by atoms with Crippen molar-refractivity contribution in [2.75, 3.05) is 7.11 Å². The van der Waals surface area contributed by atoms with Gasteiger partial charge in [-0.25, -0.2) is 5.43 Å². The van der Waals surface area contributed by atoms with Crippen LogP contribution in [0.5, 0.6) is 5.75 Å². The van der Waals surface area contributed by atoms with Crippen molar-refractivity contribution in [2.24, 2.45) is 5.10 Å². The summed E-state index contributed by atoms with van der Waals surface area (Å²) in [6, 6.07) is 19.1. The molecule has 0 fully saturated rings. The van der Waals surface area contributed by atoms with Crippen molar-refractivity contribution in [3.8, 4) is 28.7 Å². The Kier molecular flexibility index (Phi) is 6.49. The van der Waals surface area contributed by atoms with Crippen molar-refractivity contribution in [3.05, 3.63) is 87.9 Å². The average Bonchev–Trinajstić information content (AvgIpc) is 3.30. The molecule has 7 nitrogen and oxygen atoms in total. The molecule has 0 aliphatic rings. The van der Waals surface area contributed by atoms with Crippen molar-refractivity contribution in [2.45, 2.75) is 0 Å². The second-order valence-electron chi connectivity index (χ2n) is 6.55. The zero-order valence-corrected chi connectivity index (χ0v) is 18.3. The first-order valence-corrected chi connectivity index (χ1v) is 10.2. The van der Waals surface area contributed by atoms with Gasteiger partial charge in [0.15, 0.2) is 0 Å². The standard InChI is InChI=1S/C23H16Cl2N4O3/c1-31-20-5-3-2-4-18(20)23-29-28-22(32-23)15-8-6-14(7-9-15)21(30)27-26-13-16-10-11-17(24)12-19(16)25/h2-13H,1H3,(H,27,30)/b26-13+. The summed E-state index contributed by atoms with van der Waals surface area (Å²) in [5, 5.41) is 13.1. The minimum Gasteiger partial charge on any atom is -0.496 e. The smallest absolute Gasteiger partial charge is 0.271 e. The van der Waals surface area contributed by atoms with E-state index < -0.39 is 0 Å². The van der Waals surface area contributed by atoms with E-state index in [1.54, 1.807) is 49.6 Å². The molecule has 3 aromatic carbocycles. The summed E-state index contributed by atoms with van der Waals surface area (Å²) < 4.78 is 11.1. The van der Waals surface area contributed by atoms with Crippen molar-refractivity contribution in [1.82, 2.24) is 15.6 Å². The summed E-state index contributed by atoms with van der Waals surface area (Å²) in [6.07, 6.45) is 1.45. The number of amides is 1. The molecule has 0 spiro atoms. The number of benzene rings is 3. The molecule has 1 amide bonds. The van der Waals surface area contributed by atoms with Crippen molar-refractivity contribution in [1.29, 1.82) is 0 Å². The third kappa shape index (κ3) is 4.80. The highest BCUT2D eigenvalue weighted by molar-refractivity contribution is 6.36. The Bertz CT molecular complexity index is 1290. The van der Waals surface area contributed by atoms with E-state index in [0.29, 0.717) is 49.8 Å². The molecule has 0 saturated carbocycles. The van der Waals surface area contributed by atoms with Crippen LogP contribution in [0.4, 0.5) is 0 Å². The topological polar surface area (TPSA) is 89.6 Å². The van der Waals surface area contributed by atoms with Gasteiger partial charge in [-0.1, -0.05) is 41.4 Å². The van der Waals surface area contributed by atoms with Gasteiger partial charge >= 0.3 is 0 Å². The number of hydrogen-bond acceptors (Lipinski definition) is 6. The van der Waals surface area contributed by atoms with E-state index in [1.165, 1.54) is 6.21 Å². The van der Waals surface area contributed by atoms with Crippen LogP contribution in [-0.4, -0.2) is 29.4 Å². The first-order chi connectivity index (χ1) is 15.5. The number of aromatic nitrogens is 2. The number of nitrogens with one attached hydrogen (secondary N) is 1. The van der Waals surface area contributed by atoms with E-state index in [-0.39, 0.29) is 5.91 Å². The first kappa shape index (κ1) is 21.5. The molecule has 4 rings (SSSR count). The third-order valence-corrected chi connectivity index (χ3v) is 5.05. The van der Waals surface area contributed by atoms with Gasteiger partial charge in [-0.05, 0) is 48.5 Å². The Morgan fingerprint density at radius 1 is 1.03 bits per heavy atom. The van der Waals surface area contributed by atoms with E-state index in [9.17, 15) is 4.79 Å². The molecule has 0 unspecified atom stereocenters. The Morgan fingerprint density at radius 3 is 2.53 bits per heavy atom. The van der Waals surface area contributed by atoms with Crippen molar-refractivity contribution in [3.63, 3.8) is 0 Å². The van der Waals surface area contributed by atoms with Crippen LogP contribution in [0.15, 0.2) is 76.2 Å². The highest BCUT2D eigenvalue weighted by atomic mass is 35.5. The van der Waals surface area contributed by atoms with Crippen LogP contribution in [0.3, 0.4) is 0 Å². The lowest BCUT2D eigenvalue weighted by atomic mass is 10.1. The molecule has 1 heterocycles. The molecule has 0 saturated heterocycles. The SMILES string of the molecule is COc1ccccc1-c1nnc(-c2ccc(C(=O)N/N=C/c3ccc(Cl)cc3Cl)cc2)o1. The fourth-order valence-corrected chi connectivity index (χ4v) is 3.32. The molecule has 9 heteroatoms. The van der Waals surface area contributed by atoms with Crippen LogP contribution in [0.1, 0.15) is 15.9 Å². The van der Waals surface area contributed by atoms with Crippen molar-refractivity contribution >= 4 is 35.3 Å². The number of carbonyl (C=O) groups excluding carboxylic acids is 1. The molecule has 4 aromatic rings. The van der Waals surface area contributed by atoms with Gasteiger partial charge in [0.1, 0.15) is 5.75 Å². The van der Waals surface area contributed by atoms with Gasteiger partial charge in [0.05, 0.1) is 23.9 Å². The third-order valence-electron chi connectivity index (χ3n) is 4.49. The summed E-state index contributed by atoms with van der Waals surface area (Å²) in [6.45, 7) is 0. The Balaban J connectivity index is 1.44. The zero-order valence-electron chi connectivity index (χ0n) is 16.8. The first-order valence-electron chi connectivity index (χ1n) is 9.41. The van der Waals surface area contributed by atoms with E-state index >= 15 is 0 Å². The highest BCUT2D eigenvalue weighted by Crippen LogP contribution is 2.30. The molecule has 0 atom stereocenters. The van der Waals surface area contributed by atoms with Crippen LogP contribution in [0, 0.1) is 0 Å². The quantitative estimate of drug-likeness (QED) is 0.300. The predicted octanol–water partition coefficient (Wildman–Crippen LogP) is 5.48. The number of ether oxygens (including phenoxy) is 1. The number of rotatable bonds is 6. The predicted molar refractivity (Wildman–Crippen MR) is 123 cm³/mol. The van der Waals surface area contributed by atoms with Gasteiger partial charge in [-0.3, -0.25) is 4.79 Å². The van der Waals surface area contributed by atoms with Gasteiger partial charge in [-0.2, -0.15) is 5.10 Å². The van der Waals surface area contributed by atoms with Gasteiger partial charge in [0.25, 0.3) is 11.8 Å². The second kappa shape index (κ2) is 9.64. The van der Waals surface area contributed by atoms with Gasteiger partial charge < -0.3 is 9.15 Å². The lowest BCUT2D eigenvalue weighted by Crippen LogP contribution is -2.17. The number of halogens is 2. The summed E-state index contributed by atoms with van der Waals surface area (Å²) in [5.41, 5.74) is 4.88. The van der Waals surface area contributed by atoms with Crippen LogP contribution >= 0.6 is 23.2 Å². The monoisotopic (exact) mass is 466 g/mol. The minimum absolute atomic E-state index is 0.327. The fraction of sp³-hybridized carbons (Fsp3) is 0.0435. The summed E-state index contributed by atoms with van der Waals surface area (Å²) in [4.78, 5) is 12.3. The Morgan fingerprint density at radius 2 is 1.78 bits per heavy atom. The maximum absolute atomic E-state index is 12.3. The molecule has 1 aromatic heterocycles. The van der Waals surface area contributed by atoms with Crippen LogP contribution in [0.2, 0.25) is 10.0 Å². The maximum atomic E-state index is 12.3. The van der Waals surface area contributed by atoms with E-state index in [2.05, 4.69) is 20.7 Å². The van der Waals surface area contributed by atoms with E-state index in [4.69, 9.17) is 32.4 Å². The number of carbonyl (C=O) groups is 1. The number of methoxy groups -OCH3 is 1. The van der Waals surface area contributed by atoms with Gasteiger partial charge in [0.2, 0.25) is 5.89 Å². The van der Waals surface area contributed by atoms with Crippen LogP contribution in [-0.2, 0) is 0 Å². The normalized spacial score (nSPS) is 11.0. The molecule has 1 N–H and O–H groups in total.